The van der Waals surface area contributed by atoms with Gasteiger partial charge in [-0.1, -0.05) is 24.3 Å². The lowest BCUT2D eigenvalue weighted by molar-refractivity contribution is 0.103. The first kappa shape index (κ1) is 19.5. The van der Waals surface area contributed by atoms with Gasteiger partial charge < -0.3 is 15.6 Å². The highest BCUT2D eigenvalue weighted by atomic mass is 16.1. The third-order valence-electron chi connectivity index (χ3n) is 6.06. The van der Waals surface area contributed by atoms with Gasteiger partial charge >= 0.3 is 0 Å². The predicted octanol–water partition coefficient (Wildman–Crippen LogP) is 3.34. The molecule has 1 saturated heterocycles. The van der Waals surface area contributed by atoms with Crippen LogP contribution in [0.2, 0.25) is 0 Å². The quantitative estimate of drug-likeness (QED) is 0.416. The first-order valence-electron chi connectivity index (χ1n) is 10.9. The zero-order valence-corrected chi connectivity index (χ0v) is 17.8. The summed E-state index contributed by atoms with van der Waals surface area (Å²) in [5.74, 6) is 0.878. The number of imidazole rings is 1. The number of aromatic nitrogens is 5. The van der Waals surface area contributed by atoms with Crippen molar-refractivity contribution in [2.75, 3.05) is 18.0 Å². The van der Waals surface area contributed by atoms with Crippen molar-refractivity contribution in [3.05, 3.63) is 78.5 Å². The summed E-state index contributed by atoms with van der Waals surface area (Å²) >= 11 is 0. The van der Waals surface area contributed by atoms with Crippen LogP contribution in [0.15, 0.2) is 67.1 Å². The number of ketones is 1. The zero-order valence-electron chi connectivity index (χ0n) is 17.8. The lowest BCUT2D eigenvalue weighted by Gasteiger charge is -2.16. The summed E-state index contributed by atoms with van der Waals surface area (Å²) < 4.78 is 0. The number of carbonyl (C=O) groups excluding carboxylic acids is 1. The molecular formula is C25H21N7O. The highest BCUT2D eigenvalue weighted by Crippen LogP contribution is 2.27. The van der Waals surface area contributed by atoms with Gasteiger partial charge in [0.05, 0.1) is 5.69 Å². The van der Waals surface area contributed by atoms with E-state index in [1.807, 2.05) is 42.6 Å². The molecule has 3 N–H and O–H groups in total. The maximum Gasteiger partial charge on any atom is 0.228 e. The molecule has 8 nitrogen and oxygen atoms in total. The second-order valence-electron chi connectivity index (χ2n) is 8.28. The molecule has 1 fully saturated rings. The predicted molar refractivity (Wildman–Crippen MR) is 127 cm³/mol. The molecule has 1 atom stereocenters. The minimum absolute atomic E-state index is 0.166. The van der Waals surface area contributed by atoms with Gasteiger partial charge in [-0.05, 0) is 36.1 Å². The van der Waals surface area contributed by atoms with Crippen molar-refractivity contribution in [2.24, 2.45) is 5.73 Å². The van der Waals surface area contributed by atoms with Crippen molar-refractivity contribution in [2.45, 2.75) is 12.5 Å². The van der Waals surface area contributed by atoms with Gasteiger partial charge in [0.15, 0.2) is 11.5 Å². The van der Waals surface area contributed by atoms with Gasteiger partial charge in [0, 0.05) is 54.2 Å². The van der Waals surface area contributed by atoms with Crippen molar-refractivity contribution < 1.29 is 4.79 Å². The van der Waals surface area contributed by atoms with Crippen LogP contribution in [0, 0.1) is 0 Å². The van der Waals surface area contributed by atoms with Crippen LogP contribution in [0.5, 0.6) is 0 Å². The number of nitrogens with two attached hydrogens (primary N) is 1. The van der Waals surface area contributed by atoms with Gasteiger partial charge in [-0.15, -0.1) is 0 Å². The number of fused-ring (bicyclic) bond motifs is 2. The van der Waals surface area contributed by atoms with Gasteiger partial charge in [0.2, 0.25) is 5.78 Å². The number of nitrogens with one attached hydrogen (secondary N) is 1. The molecule has 4 aromatic heterocycles. The molecule has 0 radical (unpaired) electrons. The maximum atomic E-state index is 13.3. The second-order valence-corrected chi connectivity index (χ2v) is 8.28. The molecule has 5 aromatic rings. The average molecular weight is 435 g/mol. The Labute approximate surface area is 189 Å². The van der Waals surface area contributed by atoms with E-state index in [4.69, 9.17) is 5.73 Å². The minimum Gasteiger partial charge on any atom is -0.355 e. The third-order valence-corrected chi connectivity index (χ3v) is 6.06. The van der Waals surface area contributed by atoms with Crippen LogP contribution < -0.4 is 10.6 Å². The number of hydrogen-bond donors (Lipinski definition) is 2. The van der Waals surface area contributed by atoms with E-state index in [2.05, 4.69) is 29.8 Å². The highest BCUT2D eigenvalue weighted by Gasteiger charge is 2.22. The molecule has 162 valence electrons. The lowest BCUT2D eigenvalue weighted by Crippen LogP contribution is -2.26. The Bertz CT molecular complexity index is 1500. The number of anilines is 1. The van der Waals surface area contributed by atoms with Crippen molar-refractivity contribution in [1.29, 1.82) is 0 Å². The fourth-order valence-electron chi connectivity index (χ4n) is 4.34. The largest absolute Gasteiger partial charge is 0.355 e. The molecule has 33 heavy (non-hydrogen) atoms. The molecule has 0 spiro atoms. The molecule has 5 heterocycles. The summed E-state index contributed by atoms with van der Waals surface area (Å²) in [4.78, 5) is 36.5. The Balaban J connectivity index is 1.34. The molecule has 6 rings (SSSR count). The smallest absolute Gasteiger partial charge is 0.228 e. The van der Waals surface area contributed by atoms with Crippen LogP contribution in [-0.2, 0) is 0 Å². The molecule has 0 amide bonds. The Hall–Kier alpha value is -4.17. The maximum absolute atomic E-state index is 13.3. The zero-order chi connectivity index (χ0) is 22.4. The van der Waals surface area contributed by atoms with Crippen LogP contribution in [0.4, 0.5) is 5.82 Å². The number of H-pyrrole nitrogens is 1. The van der Waals surface area contributed by atoms with Crippen LogP contribution in [0.25, 0.3) is 33.2 Å². The van der Waals surface area contributed by atoms with Crippen molar-refractivity contribution in [1.82, 2.24) is 24.9 Å². The number of aromatic amines is 1. The molecular weight excluding hydrogens is 414 g/mol. The first-order valence-corrected chi connectivity index (χ1v) is 10.9. The fourth-order valence-corrected chi connectivity index (χ4v) is 4.34. The van der Waals surface area contributed by atoms with Crippen molar-refractivity contribution >= 4 is 33.5 Å². The lowest BCUT2D eigenvalue weighted by atomic mass is 10.0. The average Bonchev–Trinajstić information content (AvgIpc) is 3.49. The van der Waals surface area contributed by atoms with E-state index in [0.29, 0.717) is 22.4 Å². The minimum atomic E-state index is -0.213. The topological polar surface area (TPSA) is 114 Å². The summed E-state index contributed by atoms with van der Waals surface area (Å²) in [6, 6.07) is 15.4. The Kier molecular flexibility index (Phi) is 4.58. The van der Waals surface area contributed by atoms with Gasteiger partial charge in [-0.3, -0.25) is 14.8 Å². The molecule has 8 heteroatoms. The third kappa shape index (κ3) is 3.50. The van der Waals surface area contributed by atoms with Crippen LogP contribution in [0.3, 0.4) is 0 Å². The summed E-state index contributed by atoms with van der Waals surface area (Å²) in [5.41, 5.74) is 9.33. The monoisotopic (exact) mass is 435 g/mol. The van der Waals surface area contributed by atoms with Gasteiger partial charge in [-0.25, -0.2) is 9.97 Å². The first-order chi connectivity index (χ1) is 16.2. The number of rotatable bonds is 4. The number of carbonyl (C=O) groups is 1. The van der Waals surface area contributed by atoms with E-state index in [1.165, 1.54) is 0 Å². The van der Waals surface area contributed by atoms with Gasteiger partial charge in [0.1, 0.15) is 11.3 Å². The van der Waals surface area contributed by atoms with E-state index >= 15 is 0 Å². The molecule has 1 unspecified atom stereocenters. The van der Waals surface area contributed by atoms with E-state index in [0.717, 1.165) is 41.7 Å². The number of benzene rings is 1. The molecule has 1 aliphatic rings. The normalized spacial score (nSPS) is 16.0. The number of nitrogens with zero attached hydrogens (tertiary/aromatic N) is 5. The number of hydrogen-bond acceptors (Lipinski definition) is 7. The summed E-state index contributed by atoms with van der Waals surface area (Å²) in [6.45, 7) is 1.66. The molecule has 0 bridgehead atoms. The second kappa shape index (κ2) is 7.75. The SMILES string of the molecule is NC1CCN(c2ccc3nc(C(=O)c4ccnc(-c5cncc6ccccc56)c4)[nH]c3n2)C1. The standard InChI is InChI=1S/C25H21N7O/c26-17-8-10-32(14-17)22-6-5-20-24(30-22)31-25(29-20)23(33)15-7-9-28-21(11-15)19-13-27-12-16-3-1-2-4-18(16)19/h1-7,9,11-13,17H,8,10,14,26H2,(H,29,30,31). The van der Waals surface area contributed by atoms with Crippen molar-refractivity contribution in [3.8, 4) is 11.3 Å². The van der Waals surface area contributed by atoms with Crippen LogP contribution in [-0.4, -0.2) is 49.8 Å². The van der Waals surface area contributed by atoms with E-state index in [1.54, 1.807) is 24.5 Å². The van der Waals surface area contributed by atoms with Crippen LogP contribution in [0.1, 0.15) is 22.6 Å². The van der Waals surface area contributed by atoms with E-state index in [9.17, 15) is 4.79 Å². The van der Waals surface area contributed by atoms with Crippen molar-refractivity contribution in [3.63, 3.8) is 0 Å². The Morgan fingerprint density at radius 1 is 1.09 bits per heavy atom. The number of pyridine rings is 3. The molecule has 0 aliphatic carbocycles. The Morgan fingerprint density at radius 2 is 2.00 bits per heavy atom. The fraction of sp³-hybridized carbons (Fsp3) is 0.160. The van der Waals surface area contributed by atoms with Gasteiger partial charge in [0.25, 0.3) is 0 Å². The molecule has 0 saturated carbocycles. The summed E-state index contributed by atoms with van der Waals surface area (Å²) in [5, 5.41) is 2.05. The van der Waals surface area contributed by atoms with E-state index in [-0.39, 0.29) is 17.6 Å². The van der Waals surface area contributed by atoms with Crippen LogP contribution >= 0.6 is 0 Å². The molecule has 1 aromatic carbocycles. The summed E-state index contributed by atoms with van der Waals surface area (Å²) in [7, 11) is 0. The highest BCUT2D eigenvalue weighted by molar-refractivity contribution is 6.08. The summed E-state index contributed by atoms with van der Waals surface area (Å²) in [6.07, 6.45) is 6.18. The van der Waals surface area contributed by atoms with Gasteiger partial charge in [-0.2, -0.15) is 0 Å². The Morgan fingerprint density at radius 3 is 2.88 bits per heavy atom. The van der Waals surface area contributed by atoms with E-state index < -0.39 is 0 Å². The molecule has 1 aliphatic heterocycles.